The van der Waals surface area contributed by atoms with Gasteiger partial charge in [-0.3, -0.25) is 4.57 Å². The summed E-state index contributed by atoms with van der Waals surface area (Å²) in [5.41, 5.74) is 1.56. The fourth-order valence-corrected chi connectivity index (χ4v) is 2.90. The van der Waals surface area contributed by atoms with Crippen LogP contribution in [0.3, 0.4) is 0 Å². The second-order valence-corrected chi connectivity index (χ2v) is 6.73. The maximum absolute atomic E-state index is 12.1. The Balaban J connectivity index is 2.28. The summed E-state index contributed by atoms with van der Waals surface area (Å²) >= 11 is 0. The SMILES string of the molecule is COc1nc(OC)nc(-c2ccc(CP(=O)(OC)OC)cc2)n1. The van der Waals surface area contributed by atoms with Crippen molar-refractivity contribution in [2.75, 3.05) is 28.4 Å². The molecule has 124 valence electrons. The molecule has 0 amide bonds. The number of benzene rings is 1. The van der Waals surface area contributed by atoms with Crippen molar-refractivity contribution in [1.82, 2.24) is 15.0 Å². The number of ether oxygens (including phenoxy) is 2. The van der Waals surface area contributed by atoms with Gasteiger partial charge in [-0.2, -0.15) is 9.97 Å². The van der Waals surface area contributed by atoms with Gasteiger partial charge in [-0.15, -0.1) is 4.98 Å². The van der Waals surface area contributed by atoms with E-state index in [1.165, 1.54) is 28.4 Å². The Morgan fingerprint density at radius 3 is 1.83 bits per heavy atom. The predicted molar refractivity (Wildman–Crippen MR) is 83.7 cm³/mol. The summed E-state index contributed by atoms with van der Waals surface area (Å²) in [4.78, 5) is 12.3. The summed E-state index contributed by atoms with van der Waals surface area (Å²) in [5, 5.41) is 0. The van der Waals surface area contributed by atoms with Crippen LogP contribution in [0.4, 0.5) is 0 Å². The van der Waals surface area contributed by atoms with Gasteiger partial charge in [0.2, 0.25) is 0 Å². The zero-order valence-electron chi connectivity index (χ0n) is 13.3. The monoisotopic (exact) mass is 339 g/mol. The number of methoxy groups -OCH3 is 2. The van der Waals surface area contributed by atoms with E-state index in [1.54, 1.807) is 12.1 Å². The lowest BCUT2D eigenvalue weighted by atomic mass is 10.1. The Hall–Kier alpha value is -2.02. The molecule has 0 spiro atoms. The van der Waals surface area contributed by atoms with Crippen LogP contribution in [-0.4, -0.2) is 43.4 Å². The van der Waals surface area contributed by atoms with E-state index in [4.69, 9.17) is 18.5 Å². The standard InChI is InChI=1S/C14H18N3O5P/c1-19-13-15-12(16-14(17-13)20-2)11-7-5-10(6-8-11)9-23(18,21-3)22-4/h5-8H,9H2,1-4H3. The van der Waals surface area contributed by atoms with Gasteiger partial charge in [0.05, 0.1) is 20.4 Å². The Morgan fingerprint density at radius 2 is 1.39 bits per heavy atom. The first-order valence-corrected chi connectivity index (χ1v) is 8.40. The van der Waals surface area contributed by atoms with Gasteiger partial charge in [-0.05, 0) is 5.56 Å². The molecule has 0 saturated heterocycles. The Kier molecular flexibility index (Phi) is 5.65. The van der Waals surface area contributed by atoms with E-state index in [-0.39, 0.29) is 18.2 Å². The summed E-state index contributed by atoms with van der Waals surface area (Å²) in [7, 11) is 2.56. The highest BCUT2D eigenvalue weighted by atomic mass is 31.2. The molecule has 0 aliphatic rings. The summed E-state index contributed by atoms with van der Waals surface area (Å²) in [6.07, 6.45) is 0.185. The molecule has 8 nitrogen and oxygen atoms in total. The van der Waals surface area contributed by atoms with E-state index in [0.29, 0.717) is 5.82 Å². The van der Waals surface area contributed by atoms with Crippen molar-refractivity contribution in [2.24, 2.45) is 0 Å². The molecule has 1 aromatic carbocycles. The fourth-order valence-electron chi connectivity index (χ4n) is 1.84. The van der Waals surface area contributed by atoms with E-state index >= 15 is 0 Å². The molecule has 0 bridgehead atoms. The summed E-state index contributed by atoms with van der Waals surface area (Å²) in [5.74, 6) is 0.418. The van der Waals surface area contributed by atoms with Gasteiger partial charge in [0.15, 0.2) is 5.82 Å². The number of rotatable bonds is 7. The smallest absolute Gasteiger partial charge is 0.334 e. The first-order valence-electron chi connectivity index (χ1n) is 6.67. The molecule has 0 N–H and O–H groups in total. The average molecular weight is 339 g/mol. The Bertz CT molecular complexity index is 678. The minimum atomic E-state index is -3.10. The molecule has 0 aliphatic carbocycles. The third kappa shape index (κ3) is 4.25. The molecule has 0 unspecified atom stereocenters. The molecule has 1 aromatic heterocycles. The van der Waals surface area contributed by atoms with Gasteiger partial charge in [0.1, 0.15) is 0 Å². The molecular weight excluding hydrogens is 321 g/mol. The van der Waals surface area contributed by atoms with Crippen LogP contribution in [0, 0.1) is 0 Å². The number of nitrogens with zero attached hydrogens (tertiary/aromatic N) is 3. The van der Waals surface area contributed by atoms with E-state index in [9.17, 15) is 4.57 Å². The molecule has 2 aromatic rings. The van der Waals surface area contributed by atoms with Crippen molar-refractivity contribution >= 4 is 7.60 Å². The van der Waals surface area contributed by atoms with Gasteiger partial charge < -0.3 is 18.5 Å². The van der Waals surface area contributed by atoms with Crippen LogP contribution >= 0.6 is 7.60 Å². The van der Waals surface area contributed by atoms with Gasteiger partial charge in [-0.25, -0.2) is 0 Å². The van der Waals surface area contributed by atoms with E-state index in [2.05, 4.69) is 15.0 Å². The van der Waals surface area contributed by atoms with E-state index in [0.717, 1.165) is 11.1 Å². The van der Waals surface area contributed by atoms with Crippen LogP contribution in [0.15, 0.2) is 24.3 Å². The minimum Gasteiger partial charge on any atom is -0.467 e. The van der Waals surface area contributed by atoms with Crippen LogP contribution in [0.25, 0.3) is 11.4 Å². The quantitative estimate of drug-likeness (QED) is 0.711. The van der Waals surface area contributed by atoms with Crippen molar-refractivity contribution < 1.29 is 23.1 Å². The van der Waals surface area contributed by atoms with E-state index < -0.39 is 7.60 Å². The molecule has 0 radical (unpaired) electrons. The van der Waals surface area contributed by atoms with E-state index in [1.807, 2.05) is 12.1 Å². The van der Waals surface area contributed by atoms with Crippen molar-refractivity contribution in [3.05, 3.63) is 29.8 Å². The molecule has 9 heteroatoms. The third-order valence-corrected chi connectivity index (χ3v) is 4.97. The maximum Gasteiger partial charge on any atom is 0.334 e. The van der Waals surface area contributed by atoms with Gasteiger partial charge >= 0.3 is 19.6 Å². The average Bonchev–Trinajstić information content (AvgIpc) is 2.61. The van der Waals surface area contributed by atoms with Crippen molar-refractivity contribution in [3.63, 3.8) is 0 Å². The van der Waals surface area contributed by atoms with Crippen LogP contribution in [-0.2, 0) is 19.8 Å². The number of hydrogen-bond acceptors (Lipinski definition) is 8. The van der Waals surface area contributed by atoms with Crippen molar-refractivity contribution in [1.29, 1.82) is 0 Å². The van der Waals surface area contributed by atoms with Crippen molar-refractivity contribution in [2.45, 2.75) is 6.16 Å². The predicted octanol–water partition coefficient (Wildman–Crippen LogP) is 2.54. The molecule has 23 heavy (non-hydrogen) atoms. The van der Waals surface area contributed by atoms with Crippen LogP contribution in [0.5, 0.6) is 12.0 Å². The highest BCUT2D eigenvalue weighted by molar-refractivity contribution is 7.52. The highest BCUT2D eigenvalue weighted by Gasteiger charge is 2.21. The Labute approximate surface area is 134 Å². The lowest BCUT2D eigenvalue weighted by Crippen LogP contribution is -2.01. The lowest BCUT2D eigenvalue weighted by Gasteiger charge is -2.13. The molecule has 2 rings (SSSR count). The second kappa shape index (κ2) is 7.50. The fraction of sp³-hybridized carbons (Fsp3) is 0.357. The molecule has 0 saturated carbocycles. The normalized spacial score (nSPS) is 11.3. The second-order valence-electron chi connectivity index (χ2n) is 4.46. The lowest BCUT2D eigenvalue weighted by molar-refractivity contribution is 0.275. The first kappa shape index (κ1) is 17.3. The molecule has 0 aliphatic heterocycles. The molecular formula is C14H18N3O5P. The molecule has 0 atom stereocenters. The number of aromatic nitrogens is 3. The summed E-state index contributed by atoms with van der Waals surface area (Å²) in [6, 6.07) is 7.56. The summed E-state index contributed by atoms with van der Waals surface area (Å²) < 4.78 is 32.0. The van der Waals surface area contributed by atoms with Crippen molar-refractivity contribution in [3.8, 4) is 23.4 Å². The van der Waals surface area contributed by atoms with Gasteiger partial charge in [0.25, 0.3) is 0 Å². The molecule has 0 fully saturated rings. The largest absolute Gasteiger partial charge is 0.467 e. The third-order valence-electron chi connectivity index (χ3n) is 3.10. The van der Waals surface area contributed by atoms with Crippen LogP contribution in [0.1, 0.15) is 5.56 Å². The maximum atomic E-state index is 12.1. The van der Waals surface area contributed by atoms with Gasteiger partial charge in [0, 0.05) is 19.8 Å². The first-order chi connectivity index (χ1) is 11.0. The zero-order valence-corrected chi connectivity index (χ0v) is 14.2. The summed E-state index contributed by atoms with van der Waals surface area (Å²) in [6.45, 7) is 0. The zero-order chi connectivity index (χ0) is 16.9. The minimum absolute atomic E-state index is 0.166. The van der Waals surface area contributed by atoms with Gasteiger partial charge in [-0.1, -0.05) is 24.3 Å². The molecule has 1 heterocycles. The highest BCUT2D eigenvalue weighted by Crippen LogP contribution is 2.49. The Morgan fingerprint density at radius 1 is 0.870 bits per heavy atom. The number of hydrogen-bond donors (Lipinski definition) is 0. The van der Waals surface area contributed by atoms with Crippen LogP contribution < -0.4 is 9.47 Å². The van der Waals surface area contributed by atoms with Crippen LogP contribution in [0.2, 0.25) is 0 Å². The topological polar surface area (TPSA) is 92.7 Å².